The highest BCUT2D eigenvalue weighted by Gasteiger charge is 2.22. The van der Waals surface area contributed by atoms with Crippen molar-refractivity contribution in [2.45, 2.75) is 19.8 Å². The second kappa shape index (κ2) is 8.61. The lowest BCUT2D eigenvalue weighted by Gasteiger charge is -2.31. The Kier molecular flexibility index (Phi) is 5.76. The fourth-order valence-electron chi connectivity index (χ4n) is 3.59. The van der Waals surface area contributed by atoms with Gasteiger partial charge in [0.15, 0.2) is 5.13 Å². The van der Waals surface area contributed by atoms with E-state index in [0.717, 1.165) is 36.6 Å². The lowest BCUT2D eigenvalue weighted by Crippen LogP contribution is -2.38. The molecule has 1 fully saturated rings. The predicted molar refractivity (Wildman–Crippen MR) is 115 cm³/mol. The summed E-state index contributed by atoms with van der Waals surface area (Å²) >= 11 is 1.76. The number of nitrogens with zero attached hydrogens (tertiary/aromatic N) is 2. The van der Waals surface area contributed by atoms with E-state index in [1.165, 1.54) is 4.70 Å². The zero-order chi connectivity index (χ0) is 19.3. The molecule has 1 aliphatic heterocycles. The van der Waals surface area contributed by atoms with Gasteiger partial charge in [0.25, 0.3) is 5.91 Å². The molecule has 1 N–H and O–H groups in total. The van der Waals surface area contributed by atoms with Crippen molar-refractivity contribution >= 4 is 32.6 Å². The largest absolute Gasteiger partial charge is 0.493 e. The molecular formula is C22H25N3O2S. The summed E-state index contributed by atoms with van der Waals surface area (Å²) in [5, 5.41) is 4.20. The Morgan fingerprint density at radius 1 is 1.18 bits per heavy atom. The third-order valence-electron chi connectivity index (χ3n) is 5.15. The minimum absolute atomic E-state index is 0.0577. The number of anilines is 1. The maximum Gasteiger partial charge on any atom is 0.255 e. The van der Waals surface area contributed by atoms with E-state index in [1.807, 2.05) is 37.3 Å². The number of para-hydroxylation sites is 2. The van der Waals surface area contributed by atoms with E-state index in [2.05, 4.69) is 28.4 Å². The fraction of sp³-hybridized carbons (Fsp3) is 0.364. The van der Waals surface area contributed by atoms with Gasteiger partial charge < -0.3 is 15.0 Å². The first-order chi connectivity index (χ1) is 13.7. The molecule has 5 nitrogen and oxygen atoms in total. The number of hydrogen-bond donors (Lipinski definition) is 1. The normalized spacial score (nSPS) is 15.0. The number of fused-ring (bicyclic) bond motifs is 1. The molecule has 3 aromatic rings. The third-order valence-corrected chi connectivity index (χ3v) is 6.25. The monoisotopic (exact) mass is 395 g/mol. The Bertz CT molecular complexity index is 915. The second-order valence-electron chi connectivity index (χ2n) is 7.03. The van der Waals surface area contributed by atoms with Crippen molar-refractivity contribution in [3.05, 3.63) is 54.1 Å². The van der Waals surface area contributed by atoms with Crippen molar-refractivity contribution in [3.63, 3.8) is 0 Å². The quantitative estimate of drug-likeness (QED) is 0.674. The molecule has 1 aromatic heterocycles. The first-order valence-electron chi connectivity index (χ1n) is 9.85. The lowest BCUT2D eigenvalue weighted by molar-refractivity contribution is 0.0941. The summed E-state index contributed by atoms with van der Waals surface area (Å²) in [5.41, 5.74) is 1.68. The van der Waals surface area contributed by atoms with Gasteiger partial charge in [-0.05, 0) is 49.9 Å². The minimum Gasteiger partial charge on any atom is -0.493 e. The van der Waals surface area contributed by atoms with Crippen molar-refractivity contribution < 1.29 is 9.53 Å². The van der Waals surface area contributed by atoms with Crippen LogP contribution in [0.2, 0.25) is 0 Å². The molecule has 0 atom stereocenters. The van der Waals surface area contributed by atoms with Gasteiger partial charge in [-0.2, -0.15) is 0 Å². The van der Waals surface area contributed by atoms with E-state index in [0.29, 0.717) is 30.4 Å². The van der Waals surface area contributed by atoms with Crippen LogP contribution in [-0.2, 0) is 0 Å². The number of piperidine rings is 1. The summed E-state index contributed by atoms with van der Waals surface area (Å²) in [5.74, 6) is 1.08. The average Bonchev–Trinajstić information content (AvgIpc) is 3.17. The van der Waals surface area contributed by atoms with E-state index in [9.17, 15) is 4.79 Å². The summed E-state index contributed by atoms with van der Waals surface area (Å²) < 4.78 is 6.80. The van der Waals surface area contributed by atoms with E-state index >= 15 is 0 Å². The van der Waals surface area contributed by atoms with Crippen molar-refractivity contribution in [3.8, 4) is 5.75 Å². The molecule has 146 valence electrons. The van der Waals surface area contributed by atoms with Crippen molar-refractivity contribution in [2.75, 3.05) is 31.1 Å². The maximum atomic E-state index is 12.6. The van der Waals surface area contributed by atoms with E-state index in [-0.39, 0.29) is 5.91 Å². The molecule has 0 aliphatic carbocycles. The molecule has 0 unspecified atom stereocenters. The minimum atomic E-state index is -0.0577. The van der Waals surface area contributed by atoms with E-state index in [1.54, 1.807) is 11.3 Å². The summed E-state index contributed by atoms with van der Waals surface area (Å²) in [6.07, 6.45) is 2.12. The van der Waals surface area contributed by atoms with Gasteiger partial charge in [0.05, 0.1) is 22.4 Å². The van der Waals surface area contributed by atoms with Gasteiger partial charge >= 0.3 is 0 Å². The molecule has 4 rings (SSSR count). The van der Waals surface area contributed by atoms with Gasteiger partial charge in [0.1, 0.15) is 5.75 Å². The van der Waals surface area contributed by atoms with Crippen LogP contribution in [-0.4, -0.2) is 37.1 Å². The van der Waals surface area contributed by atoms with Crippen molar-refractivity contribution in [2.24, 2.45) is 5.92 Å². The highest BCUT2D eigenvalue weighted by molar-refractivity contribution is 7.22. The lowest BCUT2D eigenvalue weighted by atomic mass is 9.97. The zero-order valence-corrected chi connectivity index (χ0v) is 16.9. The van der Waals surface area contributed by atoms with Crippen LogP contribution in [0.15, 0.2) is 48.5 Å². The molecule has 0 saturated carbocycles. The van der Waals surface area contributed by atoms with Gasteiger partial charge in [0, 0.05) is 19.6 Å². The molecule has 2 heterocycles. The Morgan fingerprint density at radius 2 is 1.93 bits per heavy atom. The molecule has 1 amide bonds. The van der Waals surface area contributed by atoms with Gasteiger partial charge in [-0.15, -0.1) is 0 Å². The molecular weight excluding hydrogens is 370 g/mol. The number of carbonyl (C=O) groups is 1. The molecule has 1 aliphatic rings. The molecule has 6 heteroatoms. The number of benzene rings is 2. The van der Waals surface area contributed by atoms with Crippen LogP contribution in [0.4, 0.5) is 5.13 Å². The van der Waals surface area contributed by atoms with Gasteiger partial charge in [-0.3, -0.25) is 4.79 Å². The highest BCUT2D eigenvalue weighted by Crippen LogP contribution is 2.31. The average molecular weight is 396 g/mol. The molecule has 1 saturated heterocycles. The first kappa shape index (κ1) is 18.7. The smallest absolute Gasteiger partial charge is 0.255 e. The number of rotatable bonds is 6. The maximum absolute atomic E-state index is 12.6. The van der Waals surface area contributed by atoms with Crippen LogP contribution >= 0.6 is 11.3 Å². The van der Waals surface area contributed by atoms with Crippen molar-refractivity contribution in [1.29, 1.82) is 0 Å². The van der Waals surface area contributed by atoms with Crippen LogP contribution in [0.25, 0.3) is 10.2 Å². The van der Waals surface area contributed by atoms with Gasteiger partial charge in [0.2, 0.25) is 0 Å². The number of amides is 1. The van der Waals surface area contributed by atoms with Crippen LogP contribution < -0.4 is 15.0 Å². The predicted octanol–water partition coefficient (Wildman–Crippen LogP) is 4.34. The van der Waals surface area contributed by atoms with Crippen LogP contribution in [0.1, 0.15) is 30.1 Å². The summed E-state index contributed by atoms with van der Waals surface area (Å²) in [6, 6.07) is 15.7. The second-order valence-corrected chi connectivity index (χ2v) is 8.04. The topological polar surface area (TPSA) is 54.5 Å². The Balaban J connectivity index is 1.30. The number of thiazole rings is 1. The van der Waals surface area contributed by atoms with Gasteiger partial charge in [-0.1, -0.05) is 35.6 Å². The Hall–Kier alpha value is -2.60. The number of aromatic nitrogens is 1. The Morgan fingerprint density at radius 3 is 2.71 bits per heavy atom. The van der Waals surface area contributed by atoms with Gasteiger partial charge in [-0.25, -0.2) is 4.98 Å². The van der Waals surface area contributed by atoms with Crippen LogP contribution in [0, 0.1) is 5.92 Å². The number of nitrogens with one attached hydrogen (secondary N) is 1. The van der Waals surface area contributed by atoms with Crippen LogP contribution in [0.5, 0.6) is 5.75 Å². The number of hydrogen-bond acceptors (Lipinski definition) is 5. The fourth-order valence-corrected chi connectivity index (χ4v) is 4.61. The number of carbonyl (C=O) groups excluding carboxylic acids is 1. The Labute approximate surface area is 169 Å². The SMILES string of the molecule is CCOc1ccccc1C(=O)NCC1CCN(c2nc3ccccc3s2)CC1. The standard InChI is InChI=1S/C22H25N3O2S/c1-2-27-19-9-5-3-7-17(19)21(26)23-15-16-11-13-25(14-12-16)22-24-18-8-4-6-10-20(18)28-22/h3-10,16H,2,11-15H2,1H3,(H,23,26). The zero-order valence-electron chi connectivity index (χ0n) is 16.1. The van der Waals surface area contributed by atoms with Crippen molar-refractivity contribution in [1.82, 2.24) is 10.3 Å². The van der Waals surface area contributed by atoms with Crippen LogP contribution in [0.3, 0.4) is 0 Å². The molecule has 0 bridgehead atoms. The first-order valence-corrected chi connectivity index (χ1v) is 10.7. The highest BCUT2D eigenvalue weighted by atomic mass is 32.1. The summed E-state index contributed by atoms with van der Waals surface area (Å²) in [7, 11) is 0. The number of ether oxygens (including phenoxy) is 1. The molecule has 28 heavy (non-hydrogen) atoms. The van der Waals surface area contributed by atoms with E-state index < -0.39 is 0 Å². The molecule has 0 spiro atoms. The third kappa shape index (κ3) is 4.12. The summed E-state index contributed by atoms with van der Waals surface area (Å²) in [6.45, 7) is 5.14. The summed E-state index contributed by atoms with van der Waals surface area (Å²) in [4.78, 5) is 19.7. The molecule has 0 radical (unpaired) electrons. The molecule has 2 aromatic carbocycles. The van der Waals surface area contributed by atoms with E-state index in [4.69, 9.17) is 9.72 Å².